The highest BCUT2D eigenvalue weighted by atomic mass is 16.5. The van der Waals surface area contributed by atoms with Gasteiger partial charge in [0.25, 0.3) is 0 Å². The Labute approximate surface area is 192 Å². The molecule has 4 rings (SSSR count). The summed E-state index contributed by atoms with van der Waals surface area (Å²) in [4.78, 5) is 17.0. The van der Waals surface area contributed by atoms with Gasteiger partial charge in [-0.2, -0.15) is 0 Å². The Hall–Kier alpha value is -4.07. The van der Waals surface area contributed by atoms with Gasteiger partial charge in [-0.15, -0.1) is 5.10 Å². The van der Waals surface area contributed by atoms with Gasteiger partial charge in [0.1, 0.15) is 17.9 Å². The molecule has 0 atom stereocenters. The second-order valence-electron chi connectivity index (χ2n) is 7.44. The first-order valence-corrected chi connectivity index (χ1v) is 10.8. The van der Waals surface area contributed by atoms with E-state index in [2.05, 4.69) is 25.6 Å². The summed E-state index contributed by atoms with van der Waals surface area (Å²) in [5, 5.41) is 14.2. The van der Waals surface area contributed by atoms with Crippen LogP contribution in [0.2, 0.25) is 0 Å². The van der Waals surface area contributed by atoms with E-state index < -0.39 is 5.97 Å². The Morgan fingerprint density at radius 1 is 1.03 bits per heavy atom. The average molecular weight is 444 g/mol. The lowest BCUT2D eigenvalue weighted by Gasteiger charge is -2.15. The van der Waals surface area contributed by atoms with Gasteiger partial charge in [0.15, 0.2) is 5.82 Å². The monoisotopic (exact) mass is 443 g/mol. The number of nitrogens with one attached hydrogen (secondary N) is 1. The third-order valence-electron chi connectivity index (χ3n) is 5.19. The molecule has 0 saturated heterocycles. The maximum absolute atomic E-state index is 12.5. The first-order valence-electron chi connectivity index (χ1n) is 10.8. The van der Waals surface area contributed by atoms with Crippen LogP contribution in [0.25, 0.3) is 22.5 Å². The minimum Gasteiger partial charge on any atom is -0.488 e. The first kappa shape index (κ1) is 22.1. The van der Waals surface area contributed by atoms with E-state index in [4.69, 9.17) is 9.47 Å². The molecule has 4 aromatic rings. The lowest BCUT2D eigenvalue weighted by atomic mass is 9.98. The molecule has 0 spiro atoms. The molecule has 0 aliphatic carbocycles. The number of nitrogens with zero attached hydrogens (tertiary/aromatic N) is 4. The van der Waals surface area contributed by atoms with Crippen molar-refractivity contribution in [2.75, 3.05) is 6.61 Å². The zero-order valence-electron chi connectivity index (χ0n) is 18.8. The SMILES string of the molecule is CCOC(=O)c1c(OCc2ccc(-c3ccccc3-c3nnn[nH]3)cc2)cc(C)nc1CC. The highest BCUT2D eigenvalue weighted by Crippen LogP contribution is 2.30. The number of aromatic nitrogens is 5. The number of tetrazole rings is 1. The van der Waals surface area contributed by atoms with Crippen molar-refractivity contribution in [1.82, 2.24) is 25.6 Å². The molecule has 0 saturated carbocycles. The smallest absolute Gasteiger partial charge is 0.343 e. The van der Waals surface area contributed by atoms with Gasteiger partial charge in [0, 0.05) is 17.3 Å². The Bertz CT molecular complexity index is 1240. The number of benzene rings is 2. The average Bonchev–Trinajstić information content (AvgIpc) is 3.37. The summed E-state index contributed by atoms with van der Waals surface area (Å²) in [6, 6.07) is 17.8. The van der Waals surface area contributed by atoms with Gasteiger partial charge >= 0.3 is 5.97 Å². The van der Waals surface area contributed by atoms with E-state index in [1.54, 1.807) is 13.0 Å². The van der Waals surface area contributed by atoms with Crippen LogP contribution < -0.4 is 4.74 Å². The highest BCUT2D eigenvalue weighted by Gasteiger charge is 2.20. The van der Waals surface area contributed by atoms with Crippen LogP contribution in [0.4, 0.5) is 0 Å². The number of esters is 1. The lowest BCUT2D eigenvalue weighted by Crippen LogP contribution is -2.13. The Balaban J connectivity index is 1.56. The topological polar surface area (TPSA) is 103 Å². The van der Waals surface area contributed by atoms with Crippen molar-refractivity contribution in [3.63, 3.8) is 0 Å². The van der Waals surface area contributed by atoms with Crippen molar-refractivity contribution >= 4 is 5.97 Å². The van der Waals surface area contributed by atoms with Crippen LogP contribution in [0.3, 0.4) is 0 Å². The van der Waals surface area contributed by atoms with Crippen LogP contribution in [0.15, 0.2) is 54.6 Å². The third-order valence-corrected chi connectivity index (χ3v) is 5.19. The maximum Gasteiger partial charge on any atom is 0.343 e. The quantitative estimate of drug-likeness (QED) is 0.398. The van der Waals surface area contributed by atoms with Crippen molar-refractivity contribution in [1.29, 1.82) is 0 Å². The van der Waals surface area contributed by atoms with E-state index in [0.29, 0.717) is 42.5 Å². The minimum absolute atomic E-state index is 0.294. The van der Waals surface area contributed by atoms with E-state index in [1.165, 1.54) is 0 Å². The van der Waals surface area contributed by atoms with Gasteiger partial charge in [0.05, 0.1) is 12.3 Å². The summed E-state index contributed by atoms with van der Waals surface area (Å²) >= 11 is 0. The molecule has 0 amide bonds. The summed E-state index contributed by atoms with van der Waals surface area (Å²) in [6.07, 6.45) is 0.612. The molecule has 2 aromatic heterocycles. The molecule has 33 heavy (non-hydrogen) atoms. The molecular formula is C25H25N5O3. The molecule has 0 aliphatic rings. The van der Waals surface area contributed by atoms with E-state index in [0.717, 1.165) is 27.9 Å². The predicted molar refractivity (Wildman–Crippen MR) is 124 cm³/mol. The summed E-state index contributed by atoms with van der Waals surface area (Å²) in [5.74, 6) is 0.694. The molecule has 8 heteroatoms. The molecule has 0 fully saturated rings. The Morgan fingerprint density at radius 2 is 1.79 bits per heavy atom. The number of carbonyl (C=O) groups excluding carboxylic acids is 1. The molecule has 0 bridgehead atoms. The van der Waals surface area contributed by atoms with Gasteiger partial charge in [0.2, 0.25) is 0 Å². The molecule has 1 N–H and O–H groups in total. The summed E-state index contributed by atoms with van der Waals surface area (Å²) in [5.41, 5.74) is 5.82. The molecular weight excluding hydrogens is 418 g/mol. The van der Waals surface area contributed by atoms with Gasteiger partial charge in [-0.05, 0) is 47.4 Å². The van der Waals surface area contributed by atoms with Crippen LogP contribution in [0, 0.1) is 6.92 Å². The van der Waals surface area contributed by atoms with Crippen molar-refractivity contribution in [3.8, 4) is 28.3 Å². The number of pyridine rings is 1. The van der Waals surface area contributed by atoms with Crippen molar-refractivity contribution in [2.45, 2.75) is 33.8 Å². The number of aryl methyl sites for hydroxylation is 2. The van der Waals surface area contributed by atoms with Crippen molar-refractivity contribution in [3.05, 3.63) is 77.1 Å². The number of carbonyl (C=O) groups is 1. The zero-order chi connectivity index (χ0) is 23.2. The molecule has 8 nitrogen and oxygen atoms in total. The fourth-order valence-corrected chi connectivity index (χ4v) is 3.65. The van der Waals surface area contributed by atoms with Crippen LogP contribution in [-0.4, -0.2) is 38.2 Å². The van der Waals surface area contributed by atoms with Gasteiger partial charge in [-0.3, -0.25) is 4.98 Å². The number of ether oxygens (including phenoxy) is 2. The second kappa shape index (κ2) is 10.0. The number of rotatable bonds is 8. The molecule has 168 valence electrons. The van der Waals surface area contributed by atoms with Crippen LogP contribution in [0.5, 0.6) is 5.75 Å². The van der Waals surface area contributed by atoms with E-state index in [9.17, 15) is 4.79 Å². The summed E-state index contributed by atoms with van der Waals surface area (Å²) in [7, 11) is 0. The largest absolute Gasteiger partial charge is 0.488 e. The lowest BCUT2D eigenvalue weighted by molar-refractivity contribution is 0.0519. The highest BCUT2D eigenvalue weighted by molar-refractivity contribution is 5.93. The molecule has 0 radical (unpaired) electrons. The van der Waals surface area contributed by atoms with Crippen molar-refractivity contribution < 1.29 is 14.3 Å². The predicted octanol–water partition coefficient (Wildman–Crippen LogP) is 4.56. The van der Waals surface area contributed by atoms with Crippen molar-refractivity contribution in [2.24, 2.45) is 0 Å². The van der Waals surface area contributed by atoms with E-state index in [1.807, 2.05) is 62.4 Å². The summed E-state index contributed by atoms with van der Waals surface area (Å²) < 4.78 is 11.3. The van der Waals surface area contributed by atoms with E-state index >= 15 is 0 Å². The standard InChI is InChI=1S/C25H25N5O3/c1-4-21-23(25(31)32-5-2)22(14-16(3)26-21)33-15-17-10-12-18(13-11-17)19-8-6-7-9-20(19)24-27-29-30-28-24/h6-14H,4-5,15H2,1-3H3,(H,27,28,29,30). The zero-order valence-corrected chi connectivity index (χ0v) is 18.8. The van der Waals surface area contributed by atoms with Gasteiger partial charge in [-0.25, -0.2) is 9.89 Å². The summed E-state index contributed by atoms with van der Waals surface area (Å²) in [6.45, 7) is 6.23. The Morgan fingerprint density at radius 3 is 2.45 bits per heavy atom. The third kappa shape index (κ3) is 4.90. The first-order chi connectivity index (χ1) is 16.1. The normalized spacial score (nSPS) is 10.8. The van der Waals surface area contributed by atoms with Gasteiger partial charge in [-0.1, -0.05) is 55.5 Å². The number of aromatic amines is 1. The molecule has 2 aromatic carbocycles. The van der Waals surface area contributed by atoms with Crippen LogP contribution in [-0.2, 0) is 17.8 Å². The van der Waals surface area contributed by atoms with Crippen LogP contribution >= 0.6 is 0 Å². The number of hydrogen-bond acceptors (Lipinski definition) is 7. The molecule has 2 heterocycles. The fraction of sp³-hybridized carbons (Fsp3) is 0.240. The van der Waals surface area contributed by atoms with Gasteiger partial charge < -0.3 is 9.47 Å². The fourth-order valence-electron chi connectivity index (χ4n) is 3.65. The second-order valence-corrected chi connectivity index (χ2v) is 7.44. The number of hydrogen-bond donors (Lipinski definition) is 1. The van der Waals surface area contributed by atoms with Crippen LogP contribution in [0.1, 0.15) is 41.2 Å². The maximum atomic E-state index is 12.5. The van der Waals surface area contributed by atoms with E-state index in [-0.39, 0.29) is 0 Å². The number of H-pyrrole nitrogens is 1. The minimum atomic E-state index is -0.411. The Kier molecular flexibility index (Phi) is 6.73. The molecule has 0 aliphatic heterocycles. The molecule has 0 unspecified atom stereocenters.